The Bertz CT molecular complexity index is 1160. The summed E-state index contributed by atoms with van der Waals surface area (Å²) in [4.78, 5) is 8.72. The van der Waals surface area contributed by atoms with Crippen molar-refractivity contribution in [2.24, 2.45) is 0 Å². The lowest BCUT2D eigenvalue weighted by molar-refractivity contribution is 0.0101. The van der Waals surface area contributed by atoms with Crippen molar-refractivity contribution >= 4 is 28.9 Å². The quantitative estimate of drug-likeness (QED) is 0.384. The highest BCUT2D eigenvalue weighted by Crippen LogP contribution is 2.38. The van der Waals surface area contributed by atoms with Gasteiger partial charge in [-0.15, -0.1) is 0 Å². The molecule has 1 aromatic heterocycles. The first-order valence-electron chi connectivity index (χ1n) is 12.3. The molecule has 1 saturated heterocycles. The Labute approximate surface area is 223 Å². The molecule has 36 heavy (non-hydrogen) atoms. The van der Waals surface area contributed by atoms with Crippen LogP contribution < -0.4 is 9.64 Å². The number of piperazine rings is 1. The van der Waals surface area contributed by atoms with Crippen molar-refractivity contribution in [3.8, 4) is 5.75 Å². The van der Waals surface area contributed by atoms with Crippen LogP contribution in [0.15, 0.2) is 60.8 Å². The average molecular weight is 530 g/mol. The summed E-state index contributed by atoms with van der Waals surface area (Å²) in [6.07, 6.45) is 2.56. The smallest absolute Gasteiger partial charge is 0.120 e. The number of rotatable bonds is 9. The second-order valence-electron chi connectivity index (χ2n) is 9.43. The van der Waals surface area contributed by atoms with Gasteiger partial charge in [-0.25, -0.2) is 0 Å². The highest BCUT2D eigenvalue weighted by Gasteiger charge is 2.34. The van der Waals surface area contributed by atoms with E-state index in [0.29, 0.717) is 35.4 Å². The Morgan fingerprint density at radius 1 is 1.08 bits per heavy atom. The van der Waals surface area contributed by atoms with Gasteiger partial charge in [0.05, 0.1) is 41.3 Å². The number of nitrogens with zero attached hydrogens (tertiary/aromatic N) is 3. The predicted octanol–water partition coefficient (Wildman–Crippen LogP) is 5.44. The SMILES string of the molecule is CCCOc1ccc(N2CCN(C[C@@](C)(O)c3ccnc(CO)c3)C[C@H]2c2ccc(Cl)cc2)c(Cl)c1. The number of aromatic nitrogens is 1. The normalized spacial score (nSPS) is 18.2. The van der Waals surface area contributed by atoms with E-state index in [1.807, 2.05) is 42.5 Å². The molecule has 1 fully saturated rings. The summed E-state index contributed by atoms with van der Waals surface area (Å²) in [5, 5.41) is 22.2. The van der Waals surface area contributed by atoms with Crippen molar-refractivity contribution in [1.82, 2.24) is 9.88 Å². The van der Waals surface area contributed by atoms with Gasteiger partial charge in [-0.05, 0) is 60.9 Å². The monoisotopic (exact) mass is 529 g/mol. The van der Waals surface area contributed by atoms with E-state index in [1.165, 1.54) is 0 Å². The lowest BCUT2D eigenvalue weighted by atomic mass is 9.94. The van der Waals surface area contributed by atoms with Crippen molar-refractivity contribution in [2.45, 2.75) is 38.5 Å². The first kappa shape index (κ1) is 26.7. The first-order valence-corrected chi connectivity index (χ1v) is 13.0. The lowest BCUT2D eigenvalue weighted by Gasteiger charge is -2.45. The van der Waals surface area contributed by atoms with Crippen LogP contribution in [0.25, 0.3) is 0 Å². The number of pyridine rings is 1. The topological polar surface area (TPSA) is 69.1 Å². The third-order valence-corrected chi connectivity index (χ3v) is 7.11. The fourth-order valence-electron chi connectivity index (χ4n) is 4.70. The number of β-amino-alcohol motifs (C(OH)–C–C–N with tert-alkyl or cyclic N) is 1. The van der Waals surface area contributed by atoms with Gasteiger partial charge in [-0.1, -0.05) is 42.3 Å². The third kappa shape index (κ3) is 6.31. The molecule has 8 heteroatoms. The average Bonchev–Trinajstić information content (AvgIpc) is 2.88. The molecule has 0 spiro atoms. The molecule has 1 aliphatic heterocycles. The molecule has 0 radical (unpaired) electrons. The number of halogens is 2. The van der Waals surface area contributed by atoms with Crippen LogP contribution in [0.3, 0.4) is 0 Å². The van der Waals surface area contributed by atoms with E-state index in [1.54, 1.807) is 25.3 Å². The molecule has 1 aliphatic rings. The summed E-state index contributed by atoms with van der Waals surface area (Å²) in [5.74, 6) is 0.767. The van der Waals surface area contributed by atoms with E-state index >= 15 is 0 Å². The van der Waals surface area contributed by atoms with Crippen LogP contribution in [-0.2, 0) is 12.2 Å². The third-order valence-electron chi connectivity index (χ3n) is 6.55. The van der Waals surface area contributed by atoms with Gasteiger partial charge in [0.15, 0.2) is 0 Å². The molecule has 2 atom stereocenters. The molecule has 2 heterocycles. The number of aliphatic hydroxyl groups is 2. The lowest BCUT2D eigenvalue weighted by Crippen LogP contribution is -2.52. The molecule has 0 unspecified atom stereocenters. The predicted molar refractivity (Wildman–Crippen MR) is 145 cm³/mol. The van der Waals surface area contributed by atoms with E-state index in [0.717, 1.165) is 42.1 Å². The van der Waals surface area contributed by atoms with Crippen LogP contribution in [0.5, 0.6) is 5.75 Å². The number of aliphatic hydroxyl groups excluding tert-OH is 1. The van der Waals surface area contributed by atoms with Gasteiger partial charge in [-0.2, -0.15) is 0 Å². The second kappa shape index (κ2) is 11.8. The van der Waals surface area contributed by atoms with Crippen molar-refractivity contribution in [3.05, 3.63) is 87.7 Å². The Morgan fingerprint density at radius 2 is 1.86 bits per heavy atom. The van der Waals surface area contributed by atoms with E-state index in [-0.39, 0.29) is 12.6 Å². The van der Waals surface area contributed by atoms with Crippen molar-refractivity contribution in [3.63, 3.8) is 0 Å². The van der Waals surface area contributed by atoms with Gasteiger partial charge in [0.1, 0.15) is 5.75 Å². The fraction of sp³-hybridized carbons (Fsp3) is 0.393. The molecule has 0 saturated carbocycles. The number of hydrogen-bond acceptors (Lipinski definition) is 6. The maximum Gasteiger partial charge on any atom is 0.120 e. The number of benzene rings is 2. The molecule has 6 nitrogen and oxygen atoms in total. The van der Waals surface area contributed by atoms with Crippen LogP contribution in [0.1, 0.15) is 43.1 Å². The highest BCUT2D eigenvalue weighted by molar-refractivity contribution is 6.33. The maximum absolute atomic E-state index is 11.4. The van der Waals surface area contributed by atoms with E-state index in [9.17, 15) is 10.2 Å². The number of ether oxygens (including phenoxy) is 1. The molecular formula is C28H33Cl2N3O3. The summed E-state index contributed by atoms with van der Waals surface area (Å²) in [6.45, 7) is 6.99. The zero-order valence-corrected chi connectivity index (χ0v) is 22.2. The van der Waals surface area contributed by atoms with Gasteiger partial charge in [-0.3, -0.25) is 9.88 Å². The maximum atomic E-state index is 11.4. The zero-order chi connectivity index (χ0) is 25.7. The molecule has 0 amide bonds. The molecule has 3 aromatic rings. The first-order chi connectivity index (χ1) is 17.3. The minimum Gasteiger partial charge on any atom is -0.494 e. The summed E-state index contributed by atoms with van der Waals surface area (Å²) in [6, 6.07) is 17.3. The minimum absolute atomic E-state index is 0.0113. The van der Waals surface area contributed by atoms with Gasteiger partial charge in [0, 0.05) is 43.5 Å². The Kier molecular flexibility index (Phi) is 8.75. The molecule has 0 aliphatic carbocycles. The van der Waals surface area contributed by atoms with Crippen LogP contribution in [0.4, 0.5) is 5.69 Å². The van der Waals surface area contributed by atoms with Gasteiger partial charge < -0.3 is 19.8 Å². The molecule has 0 bridgehead atoms. The molecular weight excluding hydrogens is 497 g/mol. The van der Waals surface area contributed by atoms with Crippen molar-refractivity contribution < 1.29 is 14.9 Å². The molecule has 2 aromatic carbocycles. The molecule has 2 N–H and O–H groups in total. The van der Waals surface area contributed by atoms with Crippen molar-refractivity contribution in [2.75, 3.05) is 37.7 Å². The zero-order valence-electron chi connectivity index (χ0n) is 20.7. The van der Waals surface area contributed by atoms with E-state index in [4.69, 9.17) is 27.9 Å². The summed E-state index contributed by atoms with van der Waals surface area (Å²) in [5.41, 5.74) is 2.25. The molecule has 4 rings (SSSR count). The number of hydrogen-bond donors (Lipinski definition) is 2. The minimum atomic E-state index is -1.10. The van der Waals surface area contributed by atoms with Gasteiger partial charge >= 0.3 is 0 Å². The highest BCUT2D eigenvalue weighted by atomic mass is 35.5. The summed E-state index contributed by atoms with van der Waals surface area (Å²) < 4.78 is 5.76. The van der Waals surface area contributed by atoms with E-state index in [2.05, 4.69) is 21.7 Å². The Hall–Kier alpha value is -2.35. The van der Waals surface area contributed by atoms with Gasteiger partial charge in [0.2, 0.25) is 0 Å². The van der Waals surface area contributed by atoms with Gasteiger partial charge in [0.25, 0.3) is 0 Å². The van der Waals surface area contributed by atoms with Crippen LogP contribution in [0.2, 0.25) is 10.0 Å². The fourth-order valence-corrected chi connectivity index (χ4v) is 5.10. The Morgan fingerprint density at radius 3 is 2.56 bits per heavy atom. The largest absolute Gasteiger partial charge is 0.494 e. The van der Waals surface area contributed by atoms with Crippen LogP contribution in [0, 0.1) is 0 Å². The molecule has 192 valence electrons. The van der Waals surface area contributed by atoms with Crippen molar-refractivity contribution in [1.29, 1.82) is 0 Å². The van der Waals surface area contributed by atoms with Crippen LogP contribution >= 0.6 is 23.2 Å². The second-order valence-corrected chi connectivity index (χ2v) is 10.3. The summed E-state index contributed by atoms with van der Waals surface area (Å²) >= 11 is 12.9. The summed E-state index contributed by atoms with van der Waals surface area (Å²) in [7, 11) is 0. The number of anilines is 1. The van der Waals surface area contributed by atoms with E-state index < -0.39 is 5.60 Å². The Balaban J connectivity index is 1.59. The standard InChI is InChI=1S/C28H33Cl2N3O3/c1-3-14-36-24-8-9-26(25(30)16-24)33-13-12-32(17-27(33)20-4-6-22(29)7-5-20)19-28(2,35)21-10-11-31-23(15-21)18-34/h4-11,15-16,27,34-35H,3,12-14,17-19H2,1-2H3/t27-,28+/m0/s1. The van der Waals surface area contributed by atoms with Crippen LogP contribution in [-0.4, -0.2) is 52.9 Å².